The number of fused-ring (bicyclic) bond motifs is 1. The number of aromatic amines is 1. The van der Waals surface area contributed by atoms with Crippen LogP contribution in [0, 0.1) is 0 Å². The number of nitrogens with one attached hydrogen (secondary N) is 4. The van der Waals surface area contributed by atoms with Crippen molar-refractivity contribution in [3.05, 3.63) is 72.7 Å². The molecule has 6 N–H and O–H groups in total. The van der Waals surface area contributed by atoms with Crippen molar-refractivity contribution >= 4 is 34.7 Å². The lowest BCUT2D eigenvalue weighted by Crippen LogP contribution is -2.59. The highest BCUT2D eigenvalue weighted by atomic mass is 16.2. The number of hydrogen-bond acceptors (Lipinski definition) is 4. The van der Waals surface area contributed by atoms with E-state index in [-0.39, 0.29) is 25.4 Å². The molecule has 0 saturated carbocycles. The van der Waals surface area contributed by atoms with Gasteiger partial charge >= 0.3 is 6.03 Å². The van der Waals surface area contributed by atoms with Gasteiger partial charge in [-0.05, 0) is 30.2 Å². The van der Waals surface area contributed by atoms with E-state index in [9.17, 15) is 19.2 Å². The fourth-order valence-electron chi connectivity index (χ4n) is 4.71. The molecule has 4 rings (SSSR count). The van der Waals surface area contributed by atoms with E-state index in [1.165, 1.54) is 11.0 Å². The summed E-state index contributed by atoms with van der Waals surface area (Å²) in [5, 5.41) is 9.06. The molecule has 1 aliphatic heterocycles. The van der Waals surface area contributed by atoms with Crippen LogP contribution in [0.4, 0.5) is 4.79 Å². The first kappa shape index (κ1) is 25.5. The number of hydrogen-bond donors (Lipinski definition) is 5. The molecule has 0 spiro atoms. The topological polar surface area (TPSA) is 154 Å². The fourth-order valence-corrected chi connectivity index (χ4v) is 4.71. The molecule has 1 fully saturated rings. The number of aryl methyl sites for hydroxylation is 1. The number of carbonyl (C=O) groups excluding carboxylic acids is 4. The summed E-state index contributed by atoms with van der Waals surface area (Å²) in [7, 11) is 1.74. The van der Waals surface area contributed by atoms with Crippen molar-refractivity contribution in [1.29, 1.82) is 0 Å². The molecular formula is C26H31N7O4. The average molecular weight is 506 g/mol. The van der Waals surface area contributed by atoms with Crippen molar-refractivity contribution in [1.82, 2.24) is 30.4 Å². The van der Waals surface area contributed by atoms with Crippen molar-refractivity contribution in [2.75, 3.05) is 13.1 Å². The largest absolute Gasteiger partial charge is 0.368 e. The van der Waals surface area contributed by atoms with Gasteiger partial charge in [0.05, 0.1) is 6.04 Å². The van der Waals surface area contributed by atoms with Gasteiger partial charge < -0.3 is 36.1 Å². The van der Waals surface area contributed by atoms with Crippen molar-refractivity contribution < 1.29 is 19.2 Å². The summed E-state index contributed by atoms with van der Waals surface area (Å²) in [6.07, 6.45) is 5.58. The van der Waals surface area contributed by atoms with Crippen LogP contribution in [0.15, 0.2) is 61.4 Å². The first-order valence-electron chi connectivity index (χ1n) is 12.0. The fraction of sp³-hybridized carbons (Fsp3) is 0.308. The molecule has 37 heavy (non-hydrogen) atoms. The first-order valence-corrected chi connectivity index (χ1v) is 12.0. The summed E-state index contributed by atoms with van der Waals surface area (Å²) in [6, 6.07) is 7.80. The van der Waals surface area contributed by atoms with Gasteiger partial charge in [-0.3, -0.25) is 14.4 Å². The third kappa shape index (κ3) is 5.50. The number of aromatic nitrogens is 2. The zero-order chi connectivity index (χ0) is 26.5. The van der Waals surface area contributed by atoms with E-state index in [2.05, 4.69) is 27.5 Å². The Morgan fingerprint density at radius 3 is 2.70 bits per heavy atom. The van der Waals surface area contributed by atoms with Gasteiger partial charge in [-0.2, -0.15) is 0 Å². The minimum Gasteiger partial charge on any atom is -0.368 e. The number of H-pyrrole nitrogens is 1. The Bertz CT molecular complexity index is 1330. The van der Waals surface area contributed by atoms with Gasteiger partial charge in [0, 0.05) is 49.9 Å². The maximum absolute atomic E-state index is 13.6. The molecule has 1 saturated heterocycles. The second kappa shape index (κ2) is 11.0. The lowest BCUT2D eigenvalue weighted by molar-refractivity contribution is -0.130. The minimum atomic E-state index is -1.04. The van der Waals surface area contributed by atoms with Gasteiger partial charge in [0.25, 0.3) is 5.91 Å². The maximum atomic E-state index is 13.6. The molecule has 1 aromatic carbocycles. The molecule has 3 atom stereocenters. The van der Waals surface area contributed by atoms with Gasteiger partial charge in [0.1, 0.15) is 17.8 Å². The number of nitrogens with zero attached hydrogens (tertiary/aromatic N) is 2. The zero-order valence-electron chi connectivity index (χ0n) is 20.6. The number of para-hydroxylation sites is 1. The quantitative estimate of drug-likeness (QED) is 0.273. The minimum absolute atomic E-state index is 0.168. The number of carbonyl (C=O) groups is 4. The van der Waals surface area contributed by atoms with Crippen molar-refractivity contribution in [3.8, 4) is 0 Å². The van der Waals surface area contributed by atoms with Crippen molar-refractivity contribution in [2.24, 2.45) is 12.8 Å². The Balaban J connectivity index is 1.57. The molecule has 1 aliphatic rings. The standard InChI is InChI=1S/C26H31N7O4/c1-3-11-28-26(37)31-19-10-13-33(25(36)21-9-6-12-32(21)2)22(19)24(35)30-20(23(27)34)14-16-15-29-18-8-5-4-7-17(16)18/h3-9,12,15,19-20,22,29H,1,10-11,13-14H2,2H3,(H2,27,34)(H,30,35)(H2,28,31,37)/t19-,20+,22-/m0/s1. The summed E-state index contributed by atoms with van der Waals surface area (Å²) in [4.78, 5) is 56.3. The summed E-state index contributed by atoms with van der Waals surface area (Å²) in [6.45, 7) is 4.06. The van der Waals surface area contributed by atoms with Crippen LogP contribution >= 0.6 is 0 Å². The molecule has 0 unspecified atom stereocenters. The molecule has 3 aromatic rings. The molecule has 11 nitrogen and oxygen atoms in total. The predicted molar refractivity (Wildman–Crippen MR) is 139 cm³/mol. The molecule has 0 aliphatic carbocycles. The third-order valence-electron chi connectivity index (χ3n) is 6.57. The van der Waals surface area contributed by atoms with Gasteiger partial charge in [-0.25, -0.2) is 4.79 Å². The summed E-state index contributed by atoms with van der Waals surface area (Å²) < 4.78 is 1.66. The Morgan fingerprint density at radius 1 is 1.22 bits per heavy atom. The second-order valence-corrected chi connectivity index (χ2v) is 9.01. The molecule has 0 bridgehead atoms. The van der Waals surface area contributed by atoms with Crippen LogP contribution in [-0.2, 0) is 23.1 Å². The molecule has 2 aromatic heterocycles. The van der Waals surface area contributed by atoms with Crippen molar-refractivity contribution in [3.63, 3.8) is 0 Å². The highest BCUT2D eigenvalue weighted by molar-refractivity contribution is 5.98. The van der Waals surface area contributed by atoms with E-state index >= 15 is 0 Å². The van der Waals surface area contributed by atoms with Crippen LogP contribution in [-0.4, -0.2) is 69.4 Å². The second-order valence-electron chi connectivity index (χ2n) is 9.01. The number of rotatable bonds is 9. The van der Waals surface area contributed by atoms with Gasteiger partial charge in [-0.1, -0.05) is 24.3 Å². The van der Waals surface area contributed by atoms with E-state index in [1.807, 2.05) is 24.3 Å². The zero-order valence-corrected chi connectivity index (χ0v) is 20.6. The Labute approximate surface area is 214 Å². The number of primary amides is 1. The third-order valence-corrected chi connectivity index (χ3v) is 6.57. The van der Waals surface area contributed by atoms with Crippen molar-refractivity contribution in [2.45, 2.75) is 31.0 Å². The lowest BCUT2D eigenvalue weighted by Gasteiger charge is -2.29. The van der Waals surface area contributed by atoms with E-state index < -0.39 is 36.0 Å². The summed E-state index contributed by atoms with van der Waals surface area (Å²) in [5.74, 6) is -1.63. The molecule has 194 valence electrons. The summed E-state index contributed by atoms with van der Waals surface area (Å²) in [5.41, 5.74) is 7.79. The van der Waals surface area contributed by atoms with E-state index in [0.29, 0.717) is 12.1 Å². The highest BCUT2D eigenvalue weighted by Gasteiger charge is 2.44. The Hall–Kier alpha value is -4.54. The molecule has 5 amide bonds. The predicted octanol–water partition coefficient (Wildman–Crippen LogP) is 0.788. The number of likely N-dealkylation sites (tertiary alicyclic amines) is 1. The van der Waals surface area contributed by atoms with Gasteiger partial charge in [-0.15, -0.1) is 6.58 Å². The molecule has 3 heterocycles. The monoisotopic (exact) mass is 505 g/mol. The lowest BCUT2D eigenvalue weighted by atomic mass is 10.0. The average Bonchev–Trinajstić information content (AvgIpc) is 3.60. The van der Waals surface area contributed by atoms with Crippen LogP contribution in [0.3, 0.4) is 0 Å². The van der Waals surface area contributed by atoms with Crippen LogP contribution in [0.2, 0.25) is 0 Å². The Kier molecular flexibility index (Phi) is 7.61. The summed E-state index contributed by atoms with van der Waals surface area (Å²) >= 11 is 0. The van der Waals surface area contributed by atoms with Crippen LogP contribution in [0.1, 0.15) is 22.5 Å². The number of benzene rings is 1. The molecule has 11 heteroatoms. The van der Waals surface area contributed by atoms with Crippen LogP contribution in [0.25, 0.3) is 10.9 Å². The van der Waals surface area contributed by atoms with E-state index in [0.717, 1.165) is 16.5 Å². The van der Waals surface area contributed by atoms with E-state index in [1.54, 1.807) is 36.1 Å². The van der Waals surface area contributed by atoms with E-state index in [4.69, 9.17) is 5.73 Å². The number of nitrogens with two attached hydrogens (primary N) is 1. The van der Waals surface area contributed by atoms with Crippen LogP contribution in [0.5, 0.6) is 0 Å². The first-order chi connectivity index (χ1) is 17.8. The Morgan fingerprint density at radius 2 is 2.00 bits per heavy atom. The highest BCUT2D eigenvalue weighted by Crippen LogP contribution is 2.23. The maximum Gasteiger partial charge on any atom is 0.315 e. The smallest absolute Gasteiger partial charge is 0.315 e. The van der Waals surface area contributed by atoms with Gasteiger partial charge in [0.15, 0.2) is 0 Å². The number of amides is 5. The SMILES string of the molecule is C=CCNC(=O)N[C@H]1CCN(C(=O)c2cccn2C)[C@@H]1C(=O)N[C@H](Cc1c[nH]c2ccccc12)C(N)=O. The molecule has 0 radical (unpaired) electrons. The molecular weight excluding hydrogens is 474 g/mol. The van der Waals surface area contributed by atoms with Crippen LogP contribution < -0.4 is 21.7 Å². The normalized spacial score (nSPS) is 17.8. The van der Waals surface area contributed by atoms with Gasteiger partial charge in [0.2, 0.25) is 11.8 Å². The number of urea groups is 1.